The molecule has 1 aliphatic heterocycles. The molecule has 2 heterocycles. The minimum absolute atomic E-state index is 0.00502. The molecule has 0 unspecified atom stereocenters. The number of carbonyl (C=O) groups is 1. The maximum atomic E-state index is 12.5. The molecule has 0 bridgehead atoms. The maximum absolute atomic E-state index is 12.5. The van der Waals surface area contributed by atoms with Gasteiger partial charge in [0.1, 0.15) is 6.54 Å². The molecule has 1 aliphatic rings. The van der Waals surface area contributed by atoms with Gasteiger partial charge in [-0.25, -0.2) is 0 Å². The van der Waals surface area contributed by atoms with Gasteiger partial charge in [0.25, 0.3) is 0 Å². The number of piperidine rings is 1. The van der Waals surface area contributed by atoms with Crippen molar-refractivity contribution in [3.63, 3.8) is 0 Å². The average molecular weight is 302 g/mol. The van der Waals surface area contributed by atoms with Crippen molar-refractivity contribution in [2.24, 2.45) is 5.73 Å². The van der Waals surface area contributed by atoms with Gasteiger partial charge in [-0.05, 0) is 38.1 Å². The number of nitrogens with zero attached hydrogens (tertiary/aromatic N) is 2. The molecule has 0 radical (unpaired) electrons. The zero-order valence-corrected chi connectivity index (χ0v) is 12.1. The lowest BCUT2D eigenvalue weighted by Gasteiger charge is -2.26. The van der Waals surface area contributed by atoms with E-state index >= 15 is 0 Å². The van der Waals surface area contributed by atoms with Crippen LogP contribution in [0.1, 0.15) is 18.9 Å². The summed E-state index contributed by atoms with van der Waals surface area (Å²) in [6.45, 7) is 1.34. The number of fused-ring (bicyclic) bond motifs is 1. The van der Waals surface area contributed by atoms with Crippen molar-refractivity contribution < 1.29 is 4.79 Å². The van der Waals surface area contributed by atoms with E-state index in [1.165, 1.54) is 0 Å². The second-order valence-electron chi connectivity index (χ2n) is 5.50. The van der Waals surface area contributed by atoms with E-state index in [9.17, 15) is 14.4 Å². The lowest BCUT2D eigenvalue weighted by Crippen LogP contribution is -2.45. The van der Waals surface area contributed by atoms with Crippen LogP contribution in [-0.2, 0) is 11.3 Å². The Morgan fingerprint density at radius 2 is 1.77 bits per heavy atom. The number of hydrogen-bond acceptors (Lipinski definition) is 4. The highest BCUT2D eigenvalue weighted by atomic mass is 16.2. The molecule has 2 aromatic rings. The molecule has 0 aliphatic carbocycles. The molecule has 0 saturated carbocycles. The van der Waals surface area contributed by atoms with Crippen LogP contribution >= 0.6 is 0 Å². The summed E-state index contributed by atoms with van der Waals surface area (Å²) in [5, 5.41) is 3.24. The third-order valence-electron chi connectivity index (χ3n) is 4.07. The number of nitrogens with one attached hydrogen (secondary N) is 1. The Bertz CT molecular complexity index is 831. The maximum Gasteiger partial charge on any atom is 0.317 e. The van der Waals surface area contributed by atoms with Crippen LogP contribution in [0.3, 0.4) is 0 Å². The van der Waals surface area contributed by atoms with Gasteiger partial charge in [-0.15, -0.1) is 0 Å². The van der Waals surface area contributed by atoms with Gasteiger partial charge in [-0.3, -0.25) is 23.5 Å². The van der Waals surface area contributed by atoms with E-state index in [0.29, 0.717) is 11.0 Å². The number of rotatable bonds is 3. The molecule has 0 spiro atoms. The molecule has 22 heavy (non-hydrogen) atoms. The molecule has 3 rings (SSSR count). The third-order valence-corrected chi connectivity index (χ3v) is 4.07. The summed E-state index contributed by atoms with van der Waals surface area (Å²) in [6, 6.07) is 7.12. The minimum Gasteiger partial charge on any atom is -0.368 e. The van der Waals surface area contributed by atoms with Crippen molar-refractivity contribution in [3.8, 4) is 0 Å². The number of aromatic nitrogens is 2. The topological polar surface area (TPSA) is 99.1 Å². The Morgan fingerprint density at radius 3 is 2.41 bits per heavy atom. The van der Waals surface area contributed by atoms with Crippen LogP contribution in [-0.4, -0.2) is 28.1 Å². The molecule has 7 nitrogen and oxygen atoms in total. The highest BCUT2D eigenvalue weighted by molar-refractivity contribution is 5.79. The monoisotopic (exact) mass is 302 g/mol. The zero-order valence-electron chi connectivity index (χ0n) is 12.1. The fourth-order valence-electron chi connectivity index (χ4n) is 3.07. The van der Waals surface area contributed by atoms with E-state index in [1.807, 2.05) is 6.07 Å². The number of amides is 1. The van der Waals surface area contributed by atoms with Gasteiger partial charge in [0, 0.05) is 6.04 Å². The quantitative estimate of drug-likeness (QED) is 0.752. The van der Waals surface area contributed by atoms with Gasteiger partial charge < -0.3 is 11.1 Å². The lowest BCUT2D eigenvalue weighted by atomic mass is 10.1. The largest absolute Gasteiger partial charge is 0.368 e. The molecule has 1 fully saturated rings. The summed E-state index contributed by atoms with van der Waals surface area (Å²) < 4.78 is 2.74. The first kappa shape index (κ1) is 14.5. The molecule has 1 saturated heterocycles. The average Bonchev–Trinajstić information content (AvgIpc) is 2.53. The fourth-order valence-corrected chi connectivity index (χ4v) is 3.07. The van der Waals surface area contributed by atoms with E-state index in [2.05, 4.69) is 5.32 Å². The van der Waals surface area contributed by atoms with Crippen molar-refractivity contribution in [3.05, 3.63) is 45.0 Å². The van der Waals surface area contributed by atoms with Crippen LogP contribution in [0.2, 0.25) is 0 Å². The highest BCUT2D eigenvalue weighted by Crippen LogP contribution is 2.21. The normalized spacial score (nSPS) is 16.0. The van der Waals surface area contributed by atoms with Crippen LogP contribution in [0.5, 0.6) is 0 Å². The minimum atomic E-state index is -0.698. The molecule has 1 amide bonds. The van der Waals surface area contributed by atoms with Crippen LogP contribution in [0.4, 0.5) is 0 Å². The molecule has 7 heteroatoms. The SMILES string of the molecule is NC(=O)Cn1c(=O)c(=O)n(C2CCNCC2)c2ccccc21. The lowest BCUT2D eigenvalue weighted by molar-refractivity contribution is -0.118. The van der Waals surface area contributed by atoms with E-state index in [4.69, 9.17) is 5.73 Å². The Kier molecular flexibility index (Phi) is 3.81. The predicted octanol–water partition coefficient (Wildman–Crippen LogP) is -0.427. The molecule has 3 N–H and O–H groups in total. The molecule has 1 aromatic heterocycles. The predicted molar refractivity (Wildman–Crippen MR) is 82.8 cm³/mol. The molecule has 0 atom stereocenters. The number of benzene rings is 1. The smallest absolute Gasteiger partial charge is 0.317 e. The summed E-state index contributed by atoms with van der Waals surface area (Å²) >= 11 is 0. The van der Waals surface area contributed by atoms with Crippen molar-refractivity contribution in [1.82, 2.24) is 14.5 Å². The van der Waals surface area contributed by atoms with E-state index < -0.39 is 17.0 Å². The summed E-state index contributed by atoms with van der Waals surface area (Å²) in [4.78, 5) is 36.1. The van der Waals surface area contributed by atoms with E-state index in [-0.39, 0.29) is 12.6 Å². The van der Waals surface area contributed by atoms with Crippen molar-refractivity contribution in [1.29, 1.82) is 0 Å². The van der Waals surface area contributed by atoms with Crippen molar-refractivity contribution in [2.75, 3.05) is 13.1 Å². The highest BCUT2D eigenvalue weighted by Gasteiger charge is 2.21. The number of para-hydroxylation sites is 2. The Morgan fingerprint density at radius 1 is 1.14 bits per heavy atom. The van der Waals surface area contributed by atoms with Crippen LogP contribution in [0.15, 0.2) is 33.9 Å². The fraction of sp³-hybridized carbons (Fsp3) is 0.400. The van der Waals surface area contributed by atoms with E-state index in [1.54, 1.807) is 22.8 Å². The van der Waals surface area contributed by atoms with Gasteiger partial charge in [-0.2, -0.15) is 0 Å². The van der Waals surface area contributed by atoms with Gasteiger partial charge in [0.15, 0.2) is 0 Å². The first-order valence-electron chi connectivity index (χ1n) is 7.32. The second kappa shape index (κ2) is 5.76. The number of primary amides is 1. The molecule has 116 valence electrons. The van der Waals surface area contributed by atoms with Crippen LogP contribution in [0.25, 0.3) is 11.0 Å². The van der Waals surface area contributed by atoms with Gasteiger partial charge in [0.05, 0.1) is 11.0 Å². The first-order chi connectivity index (χ1) is 10.6. The van der Waals surface area contributed by atoms with Crippen molar-refractivity contribution in [2.45, 2.75) is 25.4 Å². The van der Waals surface area contributed by atoms with Crippen molar-refractivity contribution >= 4 is 16.9 Å². The summed E-state index contributed by atoms with van der Waals surface area (Å²) in [5.41, 5.74) is 5.14. The second-order valence-corrected chi connectivity index (χ2v) is 5.50. The Hall–Kier alpha value is -2.41. The Labute approximate surface area is 126 Å². The number of carbonyl (C=O) groups excluding carboxylic acids is 1. The summed E-state index contributed by atoms with van der Waals surface area (Å²) in [6.07, 6.45) is 1.59. The third kappa shape index (κ3) is 2.43. The summed E-state index contributed by atoms with van der Waals surface area (Å²) in [7, 11) is 0. The van der Waals surface area contributed by atoms with Gasteiger partial charge in [0.2, 0.25) is 5.91 Å². The van der Waals surface area contributed by atoms with Gasteiger partial charge >= 0.3 is 11.1 Å². The van der Waals surface area contributed by atoms with Gasteiger partial charge in [-0.1, -0.05) is 12.1 Å². The molecular formula is C15H18N4O3. The van der Waals surface area contributed by atoms with Crippen LogP contribution in [0, 0.1) is 0 Å². The summed E-state index contributed by atoms with van der Waals surface area (Å²) in [5.74, 6) is -0.647. The molecule has 1 aromatic carbocycles. The number of hydrogen-bond donors (Lipinski definition) is 2. The number of nitrogens with two attached hydrogens (primary N) is 1. The standard InChI is InChI=1S/C15H18N4O3/c16-13(20)9-18-11-3-1-2-4-12(11)19(15(22)14(18)21)10-5-7-17-8-6-10/h1-4,10,17H,5-9H2,(H2,16,20). The van der Waals surface area contributed by atoms with Crippen LogP contribution < -0.4 is 22.2 Å². The van der Waals surface area contributed by atoms with E-state index in [0.717, 1.165) is 30.5 Å². The first-order valence-corrected chi connectivity index (χ1v) is 7.32. The molecular weight excluding hydrogens is 284 g/mol. The zero-order chi connectivity index (χ0) is 15.7. The Balaban J connectivity index is 2.30.